The lowest BCUT2D eigenvalue weighted by molar-refractivity contribution is -0.0214. The molecular weight excluding hydrogens is 494 g/mol. The summed E-state index contributed by atoms with van der Waals surface area (Å²) in [5.74, 6) is 1.72. The van der Waals surface area contributed by atoms with Crippen molar-refractivity contribution in [1.29, 1.82) is 0 Å². The maximum absolute atomic E-state index is 13.0. The lowest BCUT2D eigenvalue weighted by Crippen LogP contribution is -2.59. The fourth-order valence-electron chi connectivity index (χ4n) is 5.42. The highest BCUT2D eigenvalue weighted by atomic mass is 35.5. The van der Waals surface area contributed by atoms with Crippen molar-refractivity contribution in [2.24, 2.45) is 0 Å². The number of H-pyrrole nitrogens is 1. The van der Waals surface area contributed by atoms with Crippen molar-refractivity contribution in [3.8, 4) is 0 Å². The number of aliphatic hydroxyl groups excluding tert-OH is 1. The first kappa shape index (κ1) is 25.5. The van der Waals surface area contributed by atoms with Gasteiger partial charge in [-0.25, -0.2) is 9.78 Å². The second-order valence-electron chi connectivity index (χ2n) is 11.0. The van der Waals surface area contributed by atoms with E-state index in [1.165, 1.54) is 0 Å². The molecule has 198 valence electrons. The first-order chi connectivity index (χ1) is 17.6. The van der Waals surface area contributed by atoms with Crippen molar-refractivity contribution in [1.82, 2.24) is 25.1 Å². The number of rotatable bonds is 5. The van der Waals surface area contributed by atoms with E-state index in [-0.39, 0.29) is 30.8 Å². The largest absolute Gasteiger partial charge is 0.444 e. The van der Waals surface area contributed by atoms with Gasteiger partial charge in [0.2, 0.25) is 5.95 Å². The van der Waals surface area contributed by atoms with Crippen molar-refractivity contribution in [3.63, 3.8) is 0 Å². The van der Waals surface area contributed by atoms with Gasteiger partial charge in [0.25, 0.3) is 0 Å². The van der Waals surface area contributed by atoms with Crippen LogP contribution < -0.4 is 10.2 Å². The highest BCUT2D eigenvalue weighted by Gasteiger charge is 2.44. The Kier molecular flexibility index (Phi) is 6.89. The smallest absolute Gasteiger partial charge is 0.410 e. The zero-order valence-electron chi connectivity index (χ0n) is 21.7. The van der Waals surface area contributed by atoms with Gasteiger partial charge in [0.15, 0.2) is 5.82 Å². The number of carbonyl (C=O) groups excluding carboxylic acids is 1. The molecule has 0 saturated carbocycles. The van der Waals surface area contributed by atoms with Crippen LogP contribution in [0.1, 0.15) is 58.6 Å². The van der Waals surface area contributed by atoms with Crippen molar-refractivity contribution < 1.29 is 14.6 Å². The van der Waals surface area contributed by atoms with E-state index in [1.807, 2.05) is 44.9 Å². The van der Waals surface area contributed by atoms with Crippen molar-refractivity contribution in [3.05, 3.63) is 35.0 Å². The number of benzene rings is 1. The van der Waals surface area contributed by atoms with Crippen LogP contribution in [0.15, 0.2) is 24.3 Å². The molecule has 5 rings (SSSR count). The number of nitrogens with zero attached hydrogens (tertiary/aromatic N) is 5. The van der Waals surface area contributed by atoms with E-state index in [0.717, 1.165) is 43.0 Å². The Bertz CT molecular complexity index is 1280. The molecule has 37 heavy (non-hydrogen) atoms. The molecule has 1 unspecified atom stereocenters. The molecule has 4 heterocycles. The first-order valence-corrected chi connectivity index (χ1v) is 13.1. The summed E-state index contributed by atoms with van der Waals surface area (Å²) in [7, 11) is 2.01. The number of hydrogen-bond donors (Lipinski definition) is 3. The van der Waals surface area contributed by atoms with Crippen LogP contribution in [-0.4, -0.2) is 67.0 Å². The molecule has 11 heteroatoms. The number of anilines is 3. The molecule has 0 spiro atoms. The molecule has 0 radical (unpaired) electrons. The van der Waals surface area contributed by atoms with Gasteiger partial charge in [0.1, 0.15) is 11.4 Å². The molecule has 2 aliphatic heterocycles. The van der Waals surface area contributed by atoms with Crippen LogP contribution in [0.4, 0.5) is 22.4 Å². The van der Waals surface area contributed by atoms with Gasteiger partial charge in [-0.1, -0.05) is 11.6 Å². The van der Waals surface area contributed by atoms with Crippen LogP contribution in [0.5, 0.6) is 0 Å². The van der Waals surface area contributed by atoms with Gasteiger partial charge >= 0.3 is 6.09 Å². The lowest BCUT2D eigenvalue weighted by atomic mass is 9.81. The van der Waals surface area contributed by atoms with Crippen LogP contribution in [0.2, 0.25) is 5.02 Å². The standard InChI is InChI=1S/C26H34ClN7O3/c1-26(2,3)37-25(36)34-17-6-5-7-18(34)13-19(12-17)33(4)24-28-21-10-15(27)8-9-20(21)23(30-24)29-22-11-16(14-35)31-32-22/h8-11,17-19,35H,5-7,12-14H2,1-4H3,(H2,28,29,30,31,32)/t17-,18+,19?. The molecule has 0 aliphatic carbocycles. The molecule has 3 atom stereocenters. The van der Waals surface area contributed by atoms with Gasteiger partial charge in [0.05, 0.1) is 17.8 Å². The summed E-state index contributed by atoms with van der Waals surface area (Å²) >= 11 is 6.30. The minimum Gasteiger partial charge on any atom is -0.444 e. The monoisotopic (exact) mass is 527 g/mol. The number of hydrogen-bond acceptors (Lipinski definition) is 8. The van der Waals surface area contributed by atoms with Crippen molar-refractivity contribution in [2.45, 2.75) is 83.2 Å². The summed E-state index contributed by atoms with van der Waals surface area (Å²) in [5.41, 5.74) is 0.801. The number of carbonyl (C=O) groups is 1. The van der Waals surface area contributed by atoms with E-state index < -0.39 is 5.60 Å². The number of nitrogens with one attached hydrogen (secondary N) is 2. The average Bonchev–Trinajstić information content (AvgIpc) is 3.28. The Balaban J connectivity index is 1.42. The molecular formula is C26H34ClN7O3. The van der Waals surface area contributed by atoms with Gasteiger partial charge in [-0.15, -0.1) is 0 Å². The lowest BCUT2D eigenvalue weighted by Gasteiger charge is -2.50. The molecule has 2 saturated heterocycles. The summed E-state index contributed by atoms with van der Waals surface area (Å²) in [6, 6.07) is 7.67. The van der Waals surface area contributed by atoms with Crippen molar-refractivity contribution in [2.75, 3.05) is 17.3 Å². The number of aromatic nitrogens is 4. The third kappa shape index (κ3) is 5.45. The molecule has 1 aromatic carbocycles. The first-order valence-electron chi connectivity index (χ1n) is 12.7. The Hall–Kier alpha value is -3.11. The normalized spacial score (nSPS) is 21.7. The van der Waals surface area contributed by atoms with Gasteiger partial charge in [-0.3, -0.25) is 5.10 Å². The second kappa shape index (κ2) is 9.98. The predicted octanol–water partition coefficient (Wildman–Crippen LogP) is 5.00. The van der Waals surface area contributed by atoms with Gasteiger partial charge in [-0.05, 0) is 71.1 Å². The molecule has 2 aromatic heterocycles. The van der Waals surface area contributed by atoms with Crippen LogP contribution in [0.3, 0.4) is 0 Å². The minimum absolute atomic E-state index is 0.128. The van der Waals surface area contributed by atoms with Crippen LogP contribution in [-0.2, 0) is 11.3 Å². The number of aromatic amines is 1. The fourth-order valence-corrected chi connectivity index (χ4v) is 5.58. The molecule has 2 fully saturated rings. The fraction of sp³-hybridized carbons (Fsp3) is 0.538. The maximum Gasteiger partial charge on any atom is 0.410 e. The van der Waals surface area contributed by atoms with E-state index in [0.29, 0.717) is 28.3 Å². The summed E-state index contributed by atoms with van der Waals surface area (Å²) in [4.78, 5) is 26.8. The molecule has 3 aromatic rings. The molecule has 10 nitrogen and oxygen atoms in total. The molecule has 1 amide bonds. The van der Waals surface area contributed by atoms with E-state index in [1.54, 1.807) is 12.1 Å². The summed E-state index contributed by atoms with van der Waals surface area (Å²) < 4.78 is 5.74. The van der Waals surface area contributed by atoms with Crippen LogP contribution in [0, 0.1) is 0 Å². The summed E-state index contributed by atoms with van der Waals surface area (Å²) in [6.07, 6.45) is 4.48. The maximum atomic E-state index is 13.0. The SMILES string of the molecule is CN(c1nc(Nc2cc(CO)[nH]n2)c2ccc(Cl)cc2n1)C1C[C@H]2CCC[C@@H](C1)N2C(=O)OC(C)(C)C. The second-order valence-corrected chi connectivity index (χ2v) is 11.4. The van der Waals surface area contributed by atoms with Crippen LogP contribution in [0.25, 0.3) is 10.9 Å². The molecule has 2 bridgehead atoms. The van der Waals surface area contributed by atoms with E-state index in [2.05, 4.69) is 20.4 Å². The predicted molar refractivity (Wildman–Crippen MR) is 143 cm³/mol. The van der Waals surface area contributed by atoms with Gasteiger partial charge < -0.3 is 25.0 Å². The zero-order valence-corrected chi connectivity index (χ0v) is 22.4. The van der Waals surface area contributed by atoms with E-state index in [9.17, 15) is 9.90 Å². The highest BCUT2D eigenvalue weighted by molar-refractivity contribution is 6.31. The van der Waals surface area contributed by atoms with Gasteiger partial charge in [-0.2, -0.15) is 10.1 Å². The number of aliphatic hydroxyl groups is 1. The number of amides is 1. The summed E-state index contributed by atoms with van der Waals surface area (Å²) in [5, 5.41) is 21.0. The van der Waals surface area contributed by atoms with E-state index in [4.69, 9.17) is 26.3 Å². The quantitative estimate of drug-likeness (QED) is 0.424. The van der Waals surface area contributed by atoms with E-state index >= 15 is 0 Å². The number of piperidine rings is 2. The zero-order chi connectivity index (χ0) is 26.3. The number of halogens is 1. The third-order valence-corrected chi connectivity index (χ3v) is 7.35. The Morgan fingerprint density at radius 2 is 1.97 bits per heavy atom. The topological polar surface area (TPSA) is 120 Å². The Morgan fingerprint density at radius 3 is 2.62 bits per heavy atom. The minimum atomic E-state index is -0.519. The summed E-state index contributed by atoms with van der Waals surface area (Å²) in [6.45, 7) is 5.59. The average molecular weight is 528 g/mol. The molecule has 2 aliphatic rings. The van der Waals surface area contributed by atoms with Gasteiger partial charge in [0, 0.05) is 41.6 Å². The number of ether oxygens (including phenoxy) is 1. The third-order valence-electron chi connectivity index (χ3n) is 7.11. The van der Waals surface area contributed by atoms with Crippen LogP contribution >= 0.6 is 11.6 Å². The number of fused-ring (bicyclic) bond motifs is 3. The Morgan fingerprint density at radius 1 is 1.24 bits per heavy atom. The molecule has 3 N–H and O–H groups in total. The Labute approximate surface area is 221 Å². The van der Waals surface area contributed by atoms with Crippen molar-refractivity contribution >= 4 is 46.2 Å². The highest BCUT2D eigenvalue weighted by Crippen LogP contribution is 2.38.